The molecule has 0 heterocycles. The van der Waals surface area contributed by atoms with Gasteiger partial charge in [0.05, 0.1) is 0 Å². The van der Waals surface area contributed by atoms with Crippen molar-refractivity contribution in [1.82, 2.24) is 0 Å². The van der Waals surface area contributed by atoms with Gasteiger partial charge in [-0.3, -0.25) is 4.52 Å². The minimum absolute atomic E-state index is 0. The Morgan fingerprint density at radius 1 is 0.913 bits per heavy atom. The first kappa shape index (κ1) is 20.6. The van der Waals surface area contributed by atoms with Crippen LogP contribution in [0, 0.1) is 27.7 Å². The molecule has 0 unspecified atom stereocenters. The van der Waals surface area contributed by atoms with E-state index in [1.165, 1.54) is 0 Å². The fraction of sp³-hybridized carbons (Fsp3) is 0.294. The second-order valence-electron chi connectivity index (χ2n) is 5.70. The van der Waals surface area contributed by atoms with Gasteiger partial charge in [-0.1, -0.05) is 47.5 Å². The molecular formula is C17H22NaO4P. The van der Waals surface area contributed by atoms with Gasteiger partial charge in [0, 0.05) is 0 Å². The van der Waals surface area contributed by atoms with Gasteiger partial charge in [-0.15, -0.1) is 0 Å². The third kappa shape index (κ3) is 5.54. The van der Waals surface area contributed by atoms with Crippen molar-refractivity contribution in [3.63, 3.8) is 0 Å². The van der Waals surface area contributed by atoms with Crippen molar-refractivity contribution in [2.24, 2.45) is 0 Å². The third-order valence-electron chi connectivity index (χ3n) is 3.66. The van der Waals surface area contributed by atoms with Crippen LogP contribution in [0.4, 0.5) is 0 Å². The average molecular weight is 344 g/mol. The second kappa shape index (κ2) is 8.09. The second-order valence-corrected chi connectivity index (χ2v) is 6.89. The fourth-order valence-corrected chi connectivity index (χ4v) is 3.16. The largest absolute Gasteiger partial charge is 1.00 e. The minimum atomic E-state index is -4.62. The molecular weight excluding hydrogens is 322 g/mol. The number of phosphoric acid groups is 1. The molecule has 0 saturated carbocycles. The number of benzene rings is 2. The molecule has 0 radical (unpaired) electrons. The van der Waals surface area contributed by atoms with E-state index in [2.05, 4.69) is 0 Å². The van der Waals surface area contributed by atoms with Gasteiger partial charge in [-0.25, -0.2) is 4.57 Å². The summed E-state index contributed by atoms with van der Waals surface area (Å²) in [5.74, 6) is 0. The first-order chi connectivity index (χ1) is 10.2. The van der Waals surface area contributed by atoms with Crippen LogP contribution in [0.1, 0.15) is 40.9 Å². The number of hydrogen-bond acceptors (Lipinski definition) is 2. The molecule has 2 rings (SSSR count). The summed E-state index contributed by atoms with van der Waals surface area (Å²) in [5, 5.41) is 0. The maximum Gasteiger partial charge on any atom is 1.00 e. The normalized spacial score (nSPS) is 11.4. The average Bonchev–Trinajstić information content (AvgIpc) is 2.35. The SMILES string of the molecule is Cc1ccc(C(OP(=O)(O)O)c2ccc(C)cc2C)c(C)c1.[H-].[Na+]. The van der Waals surface area contributed by atoms with Crippen LogP contribution in [0.5, 0.6) is 0 Å². The standard InChI is InChI=1S/C17H21O4P.Na.H/c1-11-5-7-15(13(3)9-11)17(21-22(18,19)20)16-8-6-12(2)10-14(16)4;;/h5-10,17H,1-4H3,(H2,18,19,20);;/q;+1;-1. The van der Waals surface area contributed by atoms with Crippen LogP contribution in [0.15, 0.2) is 36.4 Å². The van der Waals surface area contributed by atoms with E-state index in [0.29, 0.717) is 0 Å². The summed E-state index contributed by atoms with van der Waals surface area (Å²) in [6.07, 6.45) is -0.790. The summed E-state index contributed by atoms with van der Waals surface area (Å²) >= 11 is 0. The number of rotatable bonds is 4. The topological polar surface area (TPSA) is 66.8 Å². The van der Waals surface area contributed by atoms with E-state index >= 15 is 0 Å². The molecule has 0 atom stereocenters. The van der Waals surface area contributed by atoms with Crippen molar-refractivity contribution < 1.29 is 49.9 Å². The maximum atomic E-state index is 11.4. The van der Waals surface area contributed by atoms with E-state index in [9.17, 15) is 14.4 Å². The maximum absolute atomic E-state index is 11.4. The van der Waals surface area contributed by atoms with E-state index in [-0.39, 0.29) is 31.0 Å². The molecule has 4 nitrogen and oxygen atoms in total. The zero-order valence-corrected chi connectivity index (χ0v) is 17.1. The van der Waals surface area contributed by atoms with Gasteiger partial charge in [0.1, 0.15) is 6.10 Å². The Bertz CT molecular complexity index is 694. The smallest absolute Gasteiger partial charge is 1.00 e. The van der Waals surface area contributed by atoms with Crippen molar-refractivity contribution >= 4 is 7.82 Å². The molecule has 2 N–H and O–H groups in total. The van der Waals surface area contributed by atoms with Crippen LogP contribution in [-0.4, -0.2) is 9.79 Å². The van der Waals surface area contributed by atoms with Crippen LogP contribution >= 0.6 is 7.82 Å². The Labute approximate surface area is 160 Å². The molecule has 0 aliphatic rings. The van der Waals surface area contributed by atoms with Gasteiger partial charge in [-0.2, -0.15) is 0 Å². The first-order valence-corrected chi connectivity index (χ1v) is 8.58. The Morgan fingerprint density at radius 3 is 1.61 bits per heavy atom. The molecule has 2 aromatic rings. The molecule has 0 aliphatic heterocycles. The summed E-state index contributed by atoms with van der Waals surface area (Å²) in [6, 6.07) is 11.5. The van der Waals surface area contributed by atoms with Crippen molar-refractivity contribution in [2.75, 3.05) is 0 Å². The number of aryl methyl sites for hydroxylation is 4. The van der Waals surface area contributed by atoms with E-state index in [1.54, 1.807) is 0 Å². The van der Waals surface area contributed by atoms with Crippen LogP contribution in [0.3, 0.4) is 0 Å². The quantitative estimate of drug-likeness (QED) is 0.647. The van der Waals surface area contributed by atoms with Crippen molar-refractivity contribution in [3.8, 4) is 0 Å². The minimum Gasteiger partial charge on any atom is -1.00 e. The van der Waals surface area contributed by atoms with E-state index in [4.69, 9.17) is 4.52 Å². The summed E-state index contributed by atoms with van der Waals surface area (Å²) in [7, 11) is -4.62. The summed E-state index contributed by atoms with van der Waals surface area (Å²) < 4.78 is 16.5. The van der Waals surface area contributed by atoms with Crippen molar-refractivity contribution in [3.05, 3.63) is 69.8 Å². The first-order valence-electron chi connectivity index (χ1n) is 7.05. The molecule has 6 heteroatoms. The van der Waals surface area contributed by atoms with Crippen LogP contribution in [0.25, 0.3) is 0 Å². The molecule has 2 aromatic carbocycles. The predicted molar refractivity (Wildman–Crippen MR) is 87.9 cm³/mol. The van der Waals surface area contributed by atoms with Gasteiger partial charge in [0.25, 0.3) is 0 Å². The van der Waals surface area contributed by atoms with Gasteiger partial charge < -0.3 is 11.2 Å². The predicted octanol–water partition coefficient (Wildman–Crippen LogP) is 1.24. The molecule has 23 heavy (non-hydrogen) atoms. The molecule has 0 fully saturated rings. The van der Waals surface area contributed by atoms with Gasteiger partial charge in [0.2, 0.25) is 0 Å². The van der Waals surface area contributed by atoms with Crippen LogP contribution in [0.2, 0.25) is 0 Å². The molecule has 0 amide bonds. The Kier molecular flexibility index (Phi) is 7.24. The molecule has 0 spiro atoms. The fourth-order valence-electron chi connectivity index (χ4n) is 2.66. The van der Waals surface area contributed by atoms with E-state index in [1.807, 2.05) is 64.1 Å². The van der Waals surface area contributed by atoms with Gasteiger partial charge in [-0.05, 0) is 49.9 Å². The zero-order chi connectivity index (χ0) is 16.5. The monoisotopic (exact) mass is 344 g/mol. The Morgan fingerprint density at radius 2 is 1.30 bits per heavy atom. The van der Waals surface area contributed by atoms with Gasteiger partial charge in [0.15, 0.2) is 0 Å². The molecule has 120 valence electrons. The van der Waals surface area contributed by atoms with E-state index in [0.717, 1.165) is 33.4 Å². The molecule has 0 saturated heterocycles. The Hall–Kier alpha value is -0.450. The van der Waals surface area contributed by atoms with Crippen LogP contribution in [-0.2, 0) is 9.09 Å². The van der Waals surface area contributed by atoms with Gasteiger partial charge >= 0.3 is 37.4 Å². The summed E-state index contributed by atoms with van der Waals surface area (Å²) in [5.41, 5.74) is 5.60. The third-order valence-corrected chi connectivity index (χ3v) is 4.14. The molecule has 0 aliphatic carbocycles. The van der Waals surface area contributed by atoms with E-state index < -0.39 is 13.9 Å². The zero-order valence-electron chi connectivity index (χ0n) is 15.2. The van der Waals surface area contributed by atoms with Crippen molar-refractivity contribution in [1.29, 1.82) is 0 Å². The number of hydrogen-bond donors (Lipinski definition) is 2. The van der Waals surface area contributed by atoms with Crippen LogP contribution < -0.4 is 29.6 Å². The summed E-state index contributed by atoms with van der Waals surface area (Å²) in [4.78, 5) is 18.6. The van der Waals surface area contributed by atoms with Crippen molar-refractivity contribution in [2.45, 2.75) is 33.8 Å². The molecule has 0 bridgehead atoms. The Balaban J connectivity index is 0.00000264. The summed E-state index contributed by atoms with van der Waals surface area (Å²) in [6.45, 7) is 7.79. The molecule has 0 aromatic heterocycles. The number of phosphoric ester groups is 1.